The van der Waals surface area contributed by atoms with Gasteiger partial charge in [-0.25, -0.2) is 15.0 Å². The number of aliphatic carboxylic acids is 1. The lowest BCUT2D eigenvalue weighted by atomic mass is 10.3. The van der Waals surface area contributed by atoms with Gasteiger partial charge in [0, 0.05) is 24.5 Å². The molecule has 0 bridgehead atoms. The third kappa shape index (κ3) is 3.22. The van der Waals surface area contributed by atoms with Crippen LogP contribution in [0.3, 0.4) is 0 Å². The molecule has 0 aliphatic carbocycles. The van der Waals surface area contributed by atoms with Crippen LogP contribution in [-0.4, -0.2) is 36.3 Å². The predicted molar refractivity (Wildman–Crippen MR) is 81.7 cm³/mol. The Morgan fingerprint density at radius 1 is 1.43 bits per heavy atom. The summed E-state index contributed by atoms with van der Waals surface area (Å²) in [6, 6.07) is 3.71. The standard InChI is InChI=1S/C13H12N4O2S2/c18-11(19)7-21-13-16-10-2-1-4-14-12(10)17(13)5-3-9-6-20-8-15-9/h1-2,4,6,8H,3,5,7H2,(H,18,19). The Morgan fingerprint density at radius 3 is 3.10 bits per heavy atom. The number of hydrogen-bond donors (Lipinski definition) is 1. The van der Waals surface area contributed by atoms with Gasteiger partial charge in [-0.3, -0.25) is 4.79 Å². The first kappa shape index (κ1) is 14.0. The van der Waals surface area contributed by atoms with Crippen molar-refractivity contribution < 1.29 is 9.90 Å². The van der Waals surface area contributed by atoms with E-state index in [4.69, 9.17) is 5.11 Å². The Morgan fingerprint density at radius 2 is 2.33 bits per heavy atom. The molecule has 1 N–H and O–H groups in total. The van der Waals surface area contributed by atoms with E-state index in [1.807, 2.05) is 22.1 Å². The number of aromatic nitrogens is 4. The Balaban J connectivity index is 1.89. The molecule has 6 nitrogen and oxygen atoms in total. The first-order valence-corrected chi connectivity index (χ1v) is 8.20. The van der Waals surface area contributed by atoms with Gasteiger partial charge in [0.25, 0.3) is 0 Å². The van der Waals surface area contributed by atoms with E-state index in [0.29, 0.717) is 11.7 Å². The molecule has 3 heterocycles. The average molecular weight is 320 g/mol. The topological polar surface area (TPSA) is 80.9 Å². The number of nitrogens with zero attached hydrogens (tertiary/aromatic N) is 4. The van der Waals surface area contributed by atoms with Crippen molar-refractivity contribution >= 4 is 40.2 Å². The van der Waals surface area contributed by atoms with E-state index >= 15 is 0 Å². The molecule has 0 aromatic carbocycles. The van der Waals surface area contributed by atoms with Gasteiger partial charge in [0.05, 0.1) is 17.0 Å². The van der Waals surface area contributed by atoms with Crippen molar-refractivity contribution in [2.24, 2.45) is 0 Å². The van der Waals surface area contributed by atoms with Crippen LogP contribution in [0.4, 0.5) is 0 Å². The fourth-order valence-electron chi connectivity index (χ4n) is 1.96. The number of hydrogen-bond acceptors (Lipinski definition) is 6. The van der Waals surface area contributed by atoms with Crippen LogP contribution >= 0.6 is 23.1 Å². The first-order valence-electron chi connectivity index (χ1n) is 6.27. The average Bonchev–Trinajstić information content (AvgIpc) is 3.10. The molecule has 108 valence electrons. The maximum Gasteiger partial charge on any atom is 0.313 e. The van der Waals surface area contributed by atoms with E-state index in [-0.39, 0.29) is 5.75 Å². The van der Waals surface area contributed by atoms with Crippen molar-refractivity contribution in [3.63, 3.8) is 0 Å². The second-order valence-electron chi connectivity index (χ2n) is 4.30. The molecule has 0 unspecified atom stereocenters. The fraction of sp³-hybridized carbons (Fsp3) is 0.231. The highest BCUT2D eigenvalue weighted by Gasteiger charge is 2.13. The summed E-state index contributed by atoms with van der Waals surface area (Å²) in [5.41, 5.74) is 4.39. The Hall–Kier alpha value is -1.93. The molecule has 0 atom stereocenters. The minimum atomic E-state index is -0.855. The van der Waals surface area contributed by atoms with Crippen molar-refractivity contribution in [1.82, 2.24) is 19.5 Å². The molecule has 0 amide bonds. The number of carboxylic acids is 1. The van der Waals surface area contributed by atoms with Gasteiger partial charge >= 0.3 is 5.97 Å². The minimum Gasteiger partial charge on any atom is -0.481 e. The van der Waals surface area contributed by atoms with Gasteiger partial charge in [0.2, 0.25) is 0 Å². The van der Waals surface area contributed by atoms with Gasteiger partial charge in [-0.15, -0.1) is 11.3 Å². The summed E-state index contributed by atoms with van der Waals surface area (Å²) in [5, 5.41) is 11.5. The van der Waals surface area contributed by atoms with Crippen LogP contribution in [0.15, 0.2) is 34.4 Å². The van der Waals surface area contributed by atoms with Crippen molar-refractivity contribution in [3.8, 4) is 0 Å². The summed E-state index contributed by atoms with van der Waals surface area (Å²) in [4.78, 5) is 23.8. The van der Waals surface area contributed by atoms with E-state index in [1.165, 1.54) is 11.8 Å². The molecule has 0 saturated carbocycles. The summed E-state index contributed by atoms with van der Waals surface area (Å²) in [6.45, 7) is 0.680. The number of aryl methyl sites for hydroxylation is 2. The second-order valence-corrected chi connectivity index (χ2v) is 5.97. The maximum atomic E-state index is 10.8. The minimum absolute atomic E-state index is 0.0139. The zero-order chi connectivity index (χ0) is 14.7. The smallest absolute Gasteiger partial charge is 0.313 e. The highest BCUT2D eigenvalue weighted by Crippen LogP contribution is 2.23. The number of carboxylic acid groups (broad SMARTS) is 1. The summed E-state index contributed by atoms with van der Waals surface area (Å²) >= 11 is 2.78. The molecule has 0 aliphatic heterocycles. The molecule has 3 aromatic rings. The predicted octanol–water partition coefficient (Wildman–Crippen LogP) is 2.31. The highest BCUT2D eigenvalue weighted by atomic mass is 32.2. The monoisotopic (exact) mass is 320 g/mol. The van der Waals surface area contributed by atoms with Crippen molar-refractivity contribution in [1.29, 1.82) is 0 Å². The van der Waals surface area contributed by atoms with Crippen molar-refractivity contribution in [2.45, 2.75) is 18.1 Å². The van der Waals surface area contributed by atoms with Gasteiger partial charge in [-0.05, 0) is 12.1 Å². The van der Waals surface area contributed by atoms with E-state index < -0.39 is 5.97 Å². The third-order valence-corrected chi connectivity index (χ3v) is 4.46. The quantitative estimate of drug-likeness (QED) is 0.702. The molecule has 0 fully saturated rings. The van der Waals surface area contributed by atoms with Crippen LogP contribution in [0.25, 0.3) is 11.2 Å². The molecular weight excluding hydrogens is 308 g/mol. The van der Waals surface area contributed by atoms with E-state index in [2.05, 4.69) is 15.0 Å². The lowest BCUT2D eigenvalue weighted by Gasteiger charge is -2.06. The molecule has 21 heavy (non-hydrogen) atoms. The van der Waals surface area contributed by atoms with Crippen molar-refractivity contribution in [2.75, 3.05) is 5.75 Å². The number of pyridine rings is 1. The summed E-state index contributed by atoms with van der Waals surface area (Å²) in [7, 11) is 0. The van der Waals surface area contributed by atoms with E-state index in [0.717, 1.165) is 23.3 Å². The van der Waals surface area contributed by atoms with Crippen molar-refractivity contribution in [3.05, 3.63) is 34.9 Å². The summed E-state index contributed by atoms with van der Waals surface area (Å²) in [5.74, 6) is -0.869. The summed E-state index contributed by atoms with van der Waals surface area (Å²) in [6.07, 6.45) is 2.49. The Bertz CT molecular complexity index is 755. The SMILES string of the molecule is O=C(O)CSc1nc2cccnc2n1CCc1cscn1. The summed E-state index contributed by atoms with van der Waals surface area (Å²) < 4.78 is 1.96. The van der Waals surface area contributed by atoms with Crippen LogP contribution in [0.5, 0.6) is 0 Å². The lowest BCUT2D eigenvalue weighted by molar-refractivity contribution is -0.133. The van der Waals surface area contributed by atoms with Gasteiger partial charge < -0.3 is 9.67 Å². The largest absolute Gasteiger partial charge is 0.481 e. The third-order valence-electron chi connectivity index (χ3n) is 2.87. The molecule has 0 saturated heterocycles. The number of imidazole rings is 1. The zero-order valence-corrected chi connectivity index (χ0v) is 12.6. The fourth-order valence-corrected chi connectivity index (χ4v) is 3.31. The van der Waals surface area contributed by atoms with Crippen LogP contribution in [0, 0.1) is 0 Å². The second kappa shape index (κ2) is 6.23. The first-order chi connectivity index (χ1) is 10.2. The Kier molecular flexibility index (Phi) is 4.16. The van der Waals surface area contributed by atoms with E-state index in [9.17, 15) is 4.79 Å². The number of carbonyl (C=O) groups is 1. The van der Waals surface area contributed by atoms with Gasteiger partial charge in [-0.1, -0.05) is 11.8 Å². The van der Waals surface area contributed by atoms with Crippen LogP contribution in [0.1, 0.15) is 5.69 Å². The lowest BCUT2D eigenvalue weighted by Crippen LogP contribution is -2.06. The number of fused-ring (bicyclic) bond motifs is 1. The molecule has 3 rings (SSSR count). The van der Waals surface area contributed by atoms with Crippen LogP contribution in [-0.2, 0) is 17.8 Å². The molecular formula is C13H12N4O2S2. The van der Waals surface area contributed by atoms with Gasteiger partial charge in [-0.2, -0.15) is 0 Å². The number of rotatable bonds is 6. The molecule has 8 heteroatoms. The number of thioether (sulfide) groups is 1. The number of thiazole rings is 1. The van der Waals surface area contributed by atoms with Gasteiger partial charge in [0.1, 0.15) is 5.52 Å². The molecule has 3 aromatic heterocycles. The molecule has 0 spiro atoms. The zero-order valence-electron chi connectivity index (χ0n) is 11.0. The van der Waals surface area contributed by atoms with E-state index in [1.54, 1.807) is 23.0 Å². The highest BCUT2D eigenvalue weighted by molar-refractivity contribution is 7.99. The van der Waals surface area contributed by atoms with Gasteiger partial charge in [0.15, 0.2) is 10.8 Å². The van der Waals surface area contributed by atoms with Crippen LogP contribution < -0.4 is 0 Å². The van der Waals surface area contributed by atoms with Crippen LogP contribution in [0.2, 0.25) is 0 Å². The molecule has 0 radical (unpaired) electrons. The molecule has 0 aliphatic rings. The normalized spacial score (nSPS) is 11.0. The Labute approximate surface area is 128 Å². The maximum absolute atomic E-state index is 10.8.